The molecule has 2 aromatic rings. The molecule has 0 aliphatic carbocycles. The Bertz CT molecular complexity index is 522. The van der Waals surface area contributed by atoms with Crippen molar-refractivity contribution in [1.82, 2.24) is 5.16 Å². The summed E-state index contributed by atoms with van der Waals surface area (Å²) in [7, 11) is 0. The van der Waals surface area contributed by atoms with Crippen molar-refractivity contribution in [2.45, 2.75) is 6.92 Å². The van der Waals surface area contributed by atoms with Crippen LogP contribution in [0.2, 0.25) is 0 Å². The fourth-order valence-corrected chi connectivity index (χ4v) is 1.33. The van der Waals surface area contributed by atoms with Gasteiger partial charge in [-0.25, -0.2) is 4.79 Å². The summed E-state index contributed by atoms with van der Waals surface area (Å²) in [4.78, 5) is 10.8. The number of allylic oxidation sites excluding steroid dienone is 1. The molecule has 0 unspecified atom stereocenters. The molecule has 0 amide bonds. The molecule has 0 aromatic carbocycles. The number of hydrogen-bond donors (Lipinski definition) is 1. The van der Waals surface area contributed by atoms with Crippen LogP contribution in [0.5, 0.6) is 0 Å². The van der Waals surface area contributed by atoms with Crippen LogP contribution in [0.15, 0.2) is 33.5 Å². The lowest BCUT2D eigenvalue weighted by Gasteiger charge is -1.96. The van der Waals surface area contributed by atoms with Gasteiger partial charge in [0.25, 0.3) is 0 Å². The number of rotatable bonds is 3. The van der Waals surface area contributed by atoms with E-state index in [1.807, 2.05) is 0 Å². The monoisotopic (exact) mass is 219 g/mol. The van der Waals surface area contributed by atoms with Gasteiger partial charge in [-0.3, -0.25) is 0 Å². The molecule has 2 aromatic heterocycles. The Labute approximate surface area is 91.0 Å². The van der Waals surface area contributed by atoms with Crippen LogP contribution in [-0.4, -0.2) is 16.2 Å². The number of carbonyl (C=O) groups is 1. The molecule has 0 bridgehead atoms. The van der Waals surface area contributed by atoms with Gasteiger partial charge in [0.1, 0.15) is 11.3 Å². The second-order valence-corrected chi connectivity index (χ2v) is 3.22. The first-order valence-electron chi connectivity index (χ1n) is 4.58. The molecule has 1 N–H and O–H groups in total. The molecule has 0 spiro atoms. The van der Waals surface area contributed by atoms with Gasteiger partial charge in [-0.1, -0.05) is 5.16 Å². The molecule has 0 fully saturated rings. The third-order valence-corrected chi connectivity index (χ3v) is 2.06. The first-order valence-corrected chi connectivity index (χ1v) is 4.58. The Morgan fingerprint density at radius 3 is 3.00 bits per heavy atom. The summed E-state index contributed by atoms with van der Waals surface area (Å²) in [5.74, 6) is -0.197. The molecule has 5 nitrogen and oxygen atoms in total. The molecule has 0 saturated heterocycles. The first kappa shape index (κ1) is 10.2. The van der Waals surface area contributed by atoms with Crippen molar-refractivity contribution < 1.29 is 18.8 Å². The third-order valence-electron chi connectivity index (χ3n) is 2.06. The smallest absolute Gasteiger partial charge is 0.341 e. The Morgan fingerprint density at radius 2 is 2.38 bits per heavy atom. The van der Waals surface area contributed by atoms with Gasteiger partial charge < -0.3 is 14.0 Å². The molecule has 16 heavy (non-hydrogen) atoms. The van der Waals surface area contributed by atoms with Gasteiger partial charge in [0, 0.05) is 0 Å². The van der Waals surface area contributed by atoms with E-state index in [0.717, 1.165) is 0 Å². The van der Waals surface area contributed by atoms with Gasteiger partial charge in [-0.05, 0) is 30.7 Å². The standard InChI is InChI=1S/C11H9NO4/c1-7(5-8-3-2-4-15-8)10-9(11(13)14)6-12-16-10/h2-6H,1H3,(H,13,14)/b7-5+. The van der Waals surface area contributed by atoms with Crippen LogP contribution < -0.4 is 0 Å². The predicted octanol–water partition coefficient (Wildman–Crippen LogP) is 2.53. The Hall–Kier alpha value is -2.30. The Kier molecular flexibility index (Phi) is 2.59. The van der Waals surface area contributed by atoms with Gasteiger partial charge in [0.15, 0.2) is 5.76 Å². The average molecular weight is 219 g/mol. The molecule has 82 valence electrons. The normalized spacial score (nSPS) is 11.7. The summed E-state index contributed by atoms with van der Waals surface area (Å²) in [6.07, 6.45) is 4.40. The molecule has 0 atom stereocenters. The summed E-state index contributed by atoms with van der Waals surface area (Å²) >= 11 is 0. The number of aromatic nitrogens is 1. The number of aromatic carboxylic acids is 1. The van der Waals surface area contributed by atoms with E-state index in [1.165, 1.54) is 12.5 Å². The highest BCUT2D eigenvalue weighted by Gasteiger charge is 2.16. The van der Waals surface area contributed by atoms with E-state index < -0.39 is 5.97 Å². The molecule has 5 heteroatoms. The number of nitrogens with zero attached hydrogens (tertiary/aromatic N) is 1. The second-order valence-electron chi connectivity index (χ2n) is 3.22. The highest BCUT2D eigenvalue weighted by Crippen LogP contribution is 2.21. The minimum Gasteiger partial charge on any atom is -0.477 e. The second kappa shape index (κ2) is 4.06. The predicted molar refractivity (Wildman–Crippen MR) is 55.7 cm³/mol. The molecule has 0 radical (unpaired) electrons. The van der Waals surface area contributed by atoms with E-state index >= 15 is 0 Å². The van der Waals surface area contributed by atoms with Crippen LogP contribution >= 0.6 is 0 Å². The lowest BCUT2D eigenvalue weighted by Crippen LogP contribution is -1.97. The van der Waals surface area contributed by atoms with Gasteiger partial charge in [0.2, 0.25) is 0 Å². The average Bonchev–Trinajstić information content (AvgIpc) is 2.86. The molecular formula is C11H9NO4. The van der Waals surface area contributed by atoms with E-state index in [-0.39, 0.29) is 11.3 Å². The summed E-state index contributed by atoms with van der Waals surface area (Å²) in [5, 5.41) is 12.3. The van der Waals surface area contributed by atoms with Crippen molar-refractivity contribution >= 4 is 17.6 Å². The van der Waals surface area contributed by atoms with Crippen LogP contribution in [0.1, 0.15) is 28.8 Å². The third kappa shape index (κ3) is 1.88. The fourth-order valence-electron chi connectivity index (χ4n) is 1.33. The molecular weight excluding hydrogens is 210 g/mol. The SMILES string of the molecule is C/C(=C\c1ccco1)c1oncc1C(=O)O. The van der Waals surface area contributed by atoms with E-state index in [9.17, 15) is 4.79 Å². The molecule has 0 saturated carbocycles. The van der Waals surface area contributed by atoms with Gasteiger partial charge in [-0.2, -0.15) is 0 Å². The maximum Gasteiger partial charge on any atom is 0.341 e. The zero-order chi connectivity index (χ0) is 11.5. The highest BCUT2D eigenvalue weighted by molar-refractivity contribution is 5.94. The minimum atomic E-state index is -1.07. The largest absolute Gasteiger partial charge is 0.477 e. The lowest BCUT2D eigenvalue weighted by atomic mass is 10.1. The Balaban J connectivity index is 2.37. The number of furan rings is 1. The van der Waals surface area contributed by atoms with Gasteiger partial charge >= 0.3 is 5.97 Å². The summed E-state index contributed by atoms with van der Waals surface area (Å²) < 4.78 is 10.0. The van der Waals surface area contributed by atoms with E-state index in [2.05, 4.69) is 5.16 Å². The molecule has 0 aliphatic rings. The van der Waals surface area contributed by atoms with Crippen LogP contribution in [-0.2, 0) is 0 Å². The zero-order valence-corrected chi connectivity index (χ0v) is 8.51. The van der Waals surface area contributed by atoms with Crippen molar-refractivity contribution in [3.05, 3.63) is 41.7 Å². The molecule has 2 heterocycles. The fraction of sp³-hybridized carbons (Fsp3) is 0.0909. The number of carboxylic acids is 1. The summed E-state index contributed by atoms with van der Waals surface area (Å²) in [6, 6.07) is 3.51. The molecule has 0 aliphatic heterocycles. The number of hydrogen-bond acceptors (Lipinski definition) is 4. The van der Waals surface area contributed by atoms with Crippen LogP contribution in [0.4, 0.5) is 0 Å². The maximum atomic E-state index is 10.8. The van der Waals surface area contributed by atoms with Crippen molar-refractivity contribution in [2.75, 3.05) is 0 Å². The van der Waals surface area contributed by atoms with Crippen LogP contribution in [0.3, 0.4) is 0 Å². The van der Waals surface area contributed by atoms with Crippen molar-refractivity contribution in [3.63, 3.8) is 0 Å². The summed E-state index contributed by atoms with van der Waals surface area (Å²) in [6.45, 7) is 1.73. The Morgan fingerprint density at radius 1 is 1.56 bits per heavy atom. The topological polar surface area (TPSA) is 76.5 Å². The lowest BCUT2D eigenvalue weighted by molar-refractivity contribution is 0.0695. The van der Waals surface area contributed by atoms with Crippen molar-refractivity contribution in [3.8, 4) is 0 Å². The highest BCUT2D eigenvalue weighted by atomic mass is 16.5. The zero-order valence-electron chi connectivity index (χ0n) is 8.51. The quantitative estimate of drug-likeness (QED) is 0.858. The van der Waals surface area contributed by atoms with Crippen molar-refractivity contribution in [1.29, 1.82) is 0 Å². The van der Waals surface area contributed by atoms with Crippen molar-refractivity contribution in [2.24, 2.45) is 0 Å². The summed E-state index contributed by atoms with van der Waals surface area (Å²) in [5.41, 5.74) is 0.685. The van der Waals surface area contributed by atoms with E-state index in [1.54, 1.807) is 25.1 Å². The van der Waals surface area contributed by atoms with Crippen LogP contribution in [0, 0.1) is 0 Å². The maximum absolute atomic E-state index is 10.8. The van der Waals surface area contributed by atoms with E-state index in [0.29, 0.717) is 11.3 Å². The first-order chi connectivity index (χ1) is 7.68. The number of carboxylic acid groups (broad SMARTS) is 1. The van der Waals surface area contributed by atoms with E-state index in [4.69, 9.17) is 14.0 Å². The minimum absolute atomic E-state index is 0.0420. The van der Waals surface area contributed by atoms with Gasteiger partial charge in [0.05, 0.1) is 12.5 Å². The van der Waals surface area contributed by atoms with Gasteiger partial charge in [-0.15, -0.1) is 0 Å². The molecule has 2 rings (SSSR count). The van der Waals surface area contributed by atoms with Crippen LogP contribution in [0.25, 0.3) is 11.6 Å².